The van der Waals surface area contributed by atoms with Crippen molar-refractivity contribution in [2.24, 2.45) is 0 Å². The van der Waals surface area contributed by atoms with Gasteiger partial charge in [-0.2, -0.15) is 0 Å². The van der Waals surface area contributed by atoms with E-state index < -0.39 is 12.6 Å². The fraction of sp³-hybridized carbons (Fsp3) is 0.667. The lowest BCUT2D eigenvalue weighted by Gasteiger charge is -1.91. The third-order valence-electron chi connectivity index (χ3n) is 0.301. The Hall–Kier alpha value is -0.210. The van der Waals surface area contributed by atoms with Crippen LogP contribution in [0.3, 0.4) is 0 Å². The van der Waals surface area contributed by atoms with Gasteiger partial charge in [-0.25, -0.2) is 13.2 Å². The minimum absolute atomic E-state index is 0.741. The first-order valence-electron chi connectivity index (χ1n) is 1.41. The van der Waals surface area contributed by atoms with Crippen LogP contribution in [0.1, 0.15) is 6.92 Å². The topological polar surface area (TPSA) is 0 Å². The van der Waals surface area contributed by atoms with Gasteiger partial charge in [0.1, 0.15) is 0 Å². The van der Waals surface area contributed by atoms with Gasteiger partial charge in [0.15, 0.2) is 0 Å². The third-order valence-corrected chi connectivity index (χ3v) is 0.301. The van der Waals surface area contributed by atoms with Crippen LogP contribution in [0.5, 0.6) is 0 Å². The van der Waals surface area contributed by atoms with Crippen molar-refractivity contribution in [1.29, 1.82) is 0 Å². The molecular weight excluding hydrogens is 93.0 g/mol. The number of hydrogen-bond donors (Lipinski definition) is 0. The van der Waals surface area contributed by atoms with Gasteiger partial charge in [-0.05, 0) is 6.92 Å². The first-order valence-corrected chi connectivity index (χ1v) is 1.41. The SMILES string of the molecule is C[C](F)C(F)F. The molecule has 0 aromatic heterocycles. The third kappa shape index (κ3) is 2.05. The normalized spacial score (nSPS) is 11.0. The van der Waals surface area contributed by atoms with Crippen molar-refractivity contribution in [3.8, 4) is 0 Å². The molecule has 0 unspecified atom stereocenters. The standard InChI is InChI=1S/C3H4F3/c1-2(4)3(5)6/h3H,1H3. The second-order valence-corrected chi connectivity index (χ2v) is 0.887. The molecular formula is C3H4F3. The summed E-state index contributed by atoms with van der Waals surface area (Å²) in [5, 5.41) is 0. The van der Waals surface area contributed by atoms with Gasteiger partial charge in [-0.15, -0.1) is 0 Å². The van der Waals surface area contributed by atoms with Gasteiger partial charge in [0, 0.05) is 0 Å². The fourth-order valence-electron chi connectivity index (χ4n) is 0. The molecule has 1 radical (unpaired) electrons. The molecule has 0 saturated heterocycles. The molecule has 0 N–H and O–H groups in total. The van der Waals surface area contributed by atoms with Gasteiger partial charge in [0.05, 0.1) is 0 Å². The number of halogens is 3. The molecule has 0 bridgehead atoms. The molecule has 0 aromatic rings. The Kier molecular flexibility index (Phi) is 1.98. The highest BCUT2D eigenvalue weighted by Crippen LogP contribution is 2.10. The van der Waals surface area contributed by atoms with Crippen molar-refractivity contribution in [3.05, 3.63) is 6.17 Å². The van der Waals surface area contributed by atoms with Crippen molar-refractivity contribution in [1.82, 2.24) is 0 Å². The monoisotopic (exact) mass is 97.0 g/mol. The summed E-state index contributed by atoms with van der Waals surface area (Å²) in [7, 11) is 0. The van der Waals surface area contributed by atoms with Crippen LogP contribution in [-0.4, -0.2) is 6.43 Å². The van der Waals surface area contributed by atoms with Crippen molar-refractivity contribution in [2.45, 2.75) is 13.3 Å². The number of hydrogen-bond acceptors (Lipinski definition) is 0. The minimum Gasteiger partial charge on any atom is -0.234 e. The summed E-state index contributed by atoms with van der Waals surface area (Å²) in [6.45, 7) is 0.741. The second kappa shape index (κ2) is 2.05. The molecule has 0 nitrogen and oxygen atoms in total. The Bertz CT molecular complexity index is 27.0. The smallest absolute Gasteiger partial charge is 0.234 e. The Morgan fingerprint density at radius 3 is 1.67 bits per heavy atom. The summed E-state index contributed by atoms with van der Waals surface area (Å²) < 4.78 is 32.5. The molecule has 0 aliphatic heterocycles. The predicted molar refractivity (Wildman–Crippen MR) is 16.0 cm³/mol. The molecule has 0 atom stereocenters. The number of alkyl halides is 2. The molecule has 0 spiro atoms. The van der Waals surface area contributed by atoms with Crippen molar-refractivity contribution in [2.75, 3.05) is 0 Å². The highest BCUT2D eigenvalue weighted by Gasteiger charge is 2.12. The molecule has 6 heavy (non-hydrogen) atoms. The van der Waals surface area contributed by atoms with E-state index in [1.807, 2.05) is 0 Å². The van der Waals surface area contributed by atoms with Gasteiger partial charge in [0.25, 0.3) is 6.43 Å². The van der Waals surface area contributed by atoms with E-state index in [2.05, 4.69) is 0 Å². The zero-order valence-electron chi connectivity index (χ0n) is 3.21. The largest absolute Gasteiger partial charge is 0.275 e. The summed E-state index contributed by atoms with van der Waals surface area (Å²) in [5.41, 5.74) is 0. The van der Waals surface area contributed by atoms with Gasteiger partial charge >= 0.3 is 0 Å². The van der Waals surface area contributed by atoms with Crippen molar-refractivity contribution in [3.63, 3.8) is 0 Å². The van der Waals surface area contributed by atoms with Crippen molar-refractivity contribution >= 4 is 0 Å². The van der Waals surface area contributed by atoms with Crippen LogP contribution >= 0.6 is 0 Å². The van der Waals surface area contributed by atoms with Crippen LogP contribution in [0.4, 0.5) is 13.2 Å². The second-order valence-electron chi connectivity index (χ2n) is 0.887. The highest BCUT2D eigenvalue weighted by molar-refractivity contribution is 4.69. The molecule has 0 aliphatic rings. The summed E-state index contributed by atoms with van der Waals surface area (Å²) in [6, 6.07) is 0. The Morgan fingerprint density at radius 1 is 1.50 bits per heavy atom. The quantitative estimate of drug-likeness (QED) is 0.467. The molecule has 3 heteroatoms. The lowest BCUT2D eigenvalue weighted by Crippen LogP contribution is -1.94. The average Bonchev–Trinajstić information content (AvgIpc) is 1.36. The van der Waals surface area contributed by atoms with E-state index in [1.54, 1.807) is 0 Å². The number of rotatable bonds is 1. The van der Waals surface area contributed by atoms with Crippen LogP contribution < -0.4 is 0 Å². The van der Waals surface area contributed by atoms with Gasteiger partial charge < -0.3 is 0 Å². The lowest BCUT2D eigenvalue weighted by molar-refractivity contribution is 0.120. The summed E-state index contributed by atoms with van der Waals surface area (Å²) in [4.78, 5) is 0. The highest BCUT2D eigenvalue weighted by atomic mass is 19.3. The Balaban J connectivity index is 2.99. The first-order chi connectivity index (χ1) is 2.64. The van der Waals surface area contributed by atoms with E-state index in [4.69, 9.17) is 0 Å². The van der Waals surface area contributed by atoms with Crippen molar-refractivity contribution < 1.29 is 13.2 Å². The van der Waals surface area contributed by atoms with Gasteiger partial charge in [-0.3, -0.25) is 0 Å². The zero-order valence-corrected chi connectivity index (χ0v) is 3.21. The average molecular weight is 97.1 g/mol. The minimum atomic E-state index is -2.90. The molecule has 0 aromatic carbocycles. The summed E-state index contributed by atoms with van der Waals surface area (Å²) >= 11 is 0. The van der Waals surface area contributed by atoms with E-state index in [-0.39, 0.29) is 0 Å². The predicted octanol–water partition coefficient (Wildman–Crippen LogP) is 1.77. The zero-order chi connectivity index (χ0) is 5.15. The maximum Gasteiger partial charge on any atom is 0.275 e. The van der Waals surface area contributed by atoms with Gasteiger partial charge in [-0.1, -0.05) is 0 Å². The first kappa shape index (κ1) is 5.79. The molecule has 37 valence electrons. The molecule has 0 saturated carbocycles. The maximum absolute atomic E-state index is 11.0. The van der Waals surface area contributed by atoms with Crippen LogP contribution in [-0.2, 0) is 0 Å². The fourth-order valence-corrected chi connectivity index (χ4v) is 0. The molecule has 0 rings (SSSR count). The molecule has 0 fully saturated rings. The van der Waals surface area contributed by atoms with E-state index in [0.29, 0.717) is 0 Å². The molecule has 0 heterocycles. The van der Waals surface area contributed by atoms with Crippen LogP contribution in [0.2, 0.25) is 0 Å². The maximum atomic E-state index is 11.0. The van der Waals surface area contributed by atoms with E-state index in [0.717, 1.165) is 6.92 Å². The van der Waals surface area contributed by atoms with Crippen LogP contribution in [0.15, 0.2) is 0 Å². The Morgan fingerprint density at radius 2 is 1.67 bits per heavy atom. The van der Waals surface area contributed by atoms with E-state index in [1.165, 1.54) is 0 Å². The molecule has 0 amide bonds. The lowest BCUT2D eigenvalue weighted by atomic mass is 10.5. The summed E-state index contributed by atoms with van der Waals surface area (Å²) in [6.07, 6.45) is -4.22. The molecule has 0 aliphatic carbocycles. The van der Waals surface area contributed by atoms with E-state index in [9.17, 15) is 13.2 Å². The van der Waals surface area contributed by atoms with Crippen LogP contribution in [0, 0.1) is 6.17 Å². The van der Waals surface area contributed by atoms with Crippen LogP contribution in [0.25, 0.3) is 0 Å². The summed E-state index contributed by atoms with van der Waals surface area (Å²) in [5.74, 6) is 0. The van der Waals surface area contributed by atoms with E-state index >= 15 is 0 Å². The van der Waals surface area contributed by atoms with Gasteiger partial charge in [0.2, 0.25) is 6.17 Å². The Labute approximate surface area is 34.0 Å².